The van der Waals surface area contributed by atoms with Gasteiger partial charge in [-0.2, -0.15) is 0 Å². The van der Waals surface area contributed by atoms with Crippen molar-refractivity contribution >= 4 is 47.3 Å². The molecule has 2 aliphatic rings. The van der Waals surface area contributed by atoms with Gasteiger partial charge < -0.3 is 47.0 Å². The summed E-state index contributed by atoms with van der Waals surface area (Å²) < 4.78 is 0. The number of nitrogens with one attached hydrogen (secondary N) is 7. The lowest BCUT2D eigenvalue weighted by Crippen LogP contribution is -2.59. The minimum Gasteiger partial charge on any atom is -0.347 e. The Morgan fingerprint density at radius 2 is 0.829 bits per heavy atom. The zero-order valence-electron chi connectivity index (χ0n) is 48.8. The van der Waals surface area contributed by atoms with Gasteiger partial charge in [-0.05, 0) is 84.5 Å². The summed E-state index contributed by atoms with van der Waals surface area (Å²) in [5.74, 6) is -4.00. The fourth-order valence-electron chi connectivity index (χ4n) is 10.5. The largest absolute Gasteiger partial charge is 0.347 e. The first-order chi connectivity index (χ1) is 39.0. The lowest BCUT2D eigenvalue weighted by molar-refractivity contribution is -0.144. The minimum absolute atomic E-state index is 0.0397. The van der Waals surface area contributed by atoms with Crippen LogP contribution in [0.1, 0.15) is 137 Å². The van der Waals surface area contributed by atoms with E-state index in [1.54, 1.807) is 39.1 Å². The molecule has 8 atom stereocenters. The molecule has 5 aromatic carbocycles. The predicted octanol–water partition coefficient (Wildman–Crippen LogP) is 6.61. The van der Waals surface area contributed by atoms with E-state index in [0.29, 0.717) is 6.42 Å². The van der Waals surface area contributed by atoms with Crippen LogP contribution < -0.4 is 37.2 Å². The maximum Gasteiger partial charge on any atom is 0.251 e. The van der Waals surface area contributed by atoms with Gasteiger partial charge in [0.2, 0.25) is 35.4 Å². The molecule has 82 heavy (non-hydrogen) atoms. The lowest BCUT2D eigenvalue weighted by Gasteiger charge is -2.36. The van der Waals surface area contributed by atoms with Crippen LogP contribution in [0.4, 0.5) is 0 Å². The molecule has 8 amide bonds. The number of carbonyl (C=O) groups is 8. The SMILES string of the molecule is CC[C@@H](C)C(=O)N[C@H](C(=O)N1C[C@@H](NC(=O)c2cccc(C(=O)N[C@H]3C[C@@H](C(=O)NC(c4ccccc4)c4ccccc4)N(C(=O)[C@@H](NC(=O)[C@H](C)NC)C(C)(C)C)C3)c2)C[C@H]1C(=O)NC(c1ccccc1)c1ccccc1)C(C)(C)C. The first-order valence-corrected chi connectivity index (χ1v) is 28.4. The molecule has 0 saturated carbocycles. The number of likely N-dealkylation sites (N-methyl/N-ethyl adjacent to an activating group) is 1. The van der Waals surface area contributed by atoms with Crippen molar-refractivity contribution in [2.75, 3.05) is 20.1 Å². The number of amides is 8. The third-order valence-electron chi connectivity index (χ3n) is 15.6. The highest BCUT2D eigenvalue weighted by Gasteiger charge is 2.48. The molecular weight excluding hydrogens is 1030 g/mol. The molecule has 2 fully saturated rings. The van der Waals surface area contributed by atoms with Crippen molar-refractivity contribution in [2.24, 2.45) is 16.7 Å². The minimum atomic E-state index is -1.06. The summed E-state index contributed by atoms with van der Waals surface area (Å²) >= 11 is 0. The molecule has 7 N–H and O–H groups in total. The van der Waals surface area contributed by atoms with Crippen LogP contribution >= 0.6 is 0 Å². The highest BCUT2D eigenvalue weighted by molar-refractivity contribution is 6.01. The van der Waals surface area contributed by atoms with Gasteiger partial charge in [0.05, 0.1) is 18.1 Å². The second kappa shape index (κ2) is 27.1. The van der Waals surface area contributed by atoms with E-state index in [2.05, 4.69) is 37.2 Å². The topological polar surface area (TPSA) is 227 Å². The van der Waals surface area contributed by atoms with E-state index in [1.165, 1.54) is 15.9 Å². The Bertz CT molecular complexity index is 2760. The number of likely N-dealkylation sites (tertiary alicyclic amines) is 2. The predicted molar refractivity (Wildman–Crippen MR) is 316 cm³/mol. The first kappa shape index (κ1) is 61.4. The molecule has 2 saturated heterocycles. The summed E-state index contributed by atoms with van der Waals surface area (Å²) in [6, 6.07) is 36.7. The third kappa shape index (κ3) is 15.2. The van der Waals surface area contributed by atoms with Crippen molar-refractivity contribution < 1.29 is 38.4 Å². The Balaban J connectivity index is 1.13. The second-order valence-electron chi connectivity index (χ2n) is 23.9. The number of hydrogen-bond donors (Lipinski definition) is 7. The summed E-state index contributed by atoms with van der Waals surface area (Å²) in [7, 11) is 1.64. The molecule has 0 aromatic heterocycles. The molecule has 434 valence electrons. The van der Waals surface area contributed by atoms with Crippen molar-refractivity contribution in [1.29, 1.82) is 0 Å². The Hall–Kier alpha value is -8.18. The summed E-state index contributed by atoms with van der Waals surface area (Å²) in [6.45, 7) is 16.3. The van der Waals surface area contributed by atoms with Crippen molar-refractivity contribution in [3.05, 3.63) is 179 Å². The van der Waals surface area contributed by atoms with Crippen LogP contribution in [0.2, 0.25) is 0 Å². The molecule has 2 aliphatic heterocycles. The van der Waals surface area contributed by atoms with Crippen LogP contribution in [0, 0.1) is 16.7 Å². The van der Waals surface area contributed by atoms with Gasteiger partial charge in [0.25, 0.3) is 11.8 Å². The van der Waals surface area contributed by atoms with Gasteiger partial charge in [-0.15, -0.1) is 0 Å². The second-order valence-corrected chi connectivity index (χ2v) is 23.9. The smallest absolute Gasteiger partial charge is 0.251 e. The number of rotatable bonds is 20. The fraction of sp³-hybridized carbons (Fsp3) is 0.415. The van der Waals surface area contributed by atoms with Crippen LogP contribution in [0.25, 0.3) is 0 Å². The number of benzene rings is 5. The molecule has 5 aromatic rings. The van der Waals surface area contributed by atoms with E-state index in [1.807, 2.05) is 170 Å². The monoisotopic (exact) mass is 1120 g/mol. The average molecular weight is 1120 g/mol. The average Bonchev–Trinajstić information content (AvgIpc) is 4.33. The quantitative estimate of drug-likeness (QED) is 0.0444. The molecule has 17 nitrogen and oxygen atoms in total. The molecule has 0 aliphatic carbocycles. The molecule has 0 unspecified atom stereocenters. The highest BCUT2D eigenvalue weighted by atomic mass is 16.2. The van der Waals surface area contributed by atoms with Crippen molar-refractivity contribution in [3.8, 4) is 0 Å². The molecule has 17 heteroatoms. The van der Waals surface area contributed by atoms with Crippen molar-refractivity contribution in [2.45, 2.75) is 136 Å². The maximum atomic E-state index is 14.9. The zero-order chi connectivity index (χ0) is 59.5. The number of carbonyl (C=O) groups excluding carboxylic acids is 8. The molecule has 0 spiro atoms. The zero-order valence-corrected chi connectivity index (χ0v) is 48.8. The maximum absolute atomic E-state index is 14.9. The lowest BCUT2D eigenvalue weighted by atomic mass is 9.85. The molecule has 2 heterocycles. The van der Waals surface area contributed by atoms with Gasteiger partial charge in [-0.3, -0.25) is 38.4 Å². The Morgan fingerprint density at radius 3 is 1.15 bits per heavy atom. The van der Waals surface area contributed by atoms with Crippen molar-refractivity contribution in [3.63, 3.8) is 0 Å². The van der Waals surface area contributed by atoms with Crippen LogP contribution in [0.15, 0.2) is 146 Å². The van der Waals surface area contributed by atoms with Crippen LogP contribution in [-0.4, -0.2) is 119 Å². The van der Waals surface area contributed by atoms with Gasteiger partial charge in [0, 0.05) is 42.2 Å². The first-order valence-electron chi connectivity index (χ1n) is 28.4. The van der Waals surface area contributed by atoms with Gasteiger partial charge in [0.1, 0.15) is 24.2 Å². The standard InChI is InChI=1S/C65H81N9O8/c1-11-40(2)56(75)71-54(64(4,5)6)62(81)73-38-48(36-50(73)60(79)69-52(42-25-16-12-17-26-42)43-27-18-13-19-28-43)67-58(77)46-33-24-34-47(35-46)59(78)68-49-37-51(74(39-49)63(82)55(65(7,8)9)72-57(76)41(3)66-10)61(80)70-53(44-29-20-14-21-30-44)45-31-22-15-23-32-45/h12-35,40-41,48-55,66H,11,36-39H2,1-10H3,(H,67,77)(H,68,78)(H,69,79)(H,70,80)(H,71,75)(H,72,76)/t40-,41+,48+,49+,50+,51+,54-,55-/m1/s1. The van der Waals surface area contributed by atoms with Crippen LogP contribution in [0.5, 0.6) is 0 Å². The van der Waals surface area contributed by atoms with E-state index in [9.17, 15) is 38.4 Å². The van der Waals surface area contributed by atoms with Crippen LogP contribution in [-0.2, 0) is 28.8 Å². The summed E-state index contributed by atoms with van der Waals surface area (Å²) in [5.41, 5.74) is 2.02. The van der Waals surface area contributed by atoms with E-state index in [-0.39, 0.29) is 48.9 Å². The summed E-state index contributed by atoms with van der Waals surface area (Å²) in [5, 5.41) is 21.3. The Kier molecular flexibility index (Phi) is 20.3. The highest BCUT2D eigenvalue weighted by Crippen LogP contribution is 2.31. The Morgan fingerprint density at radius 1 is 0.488 bits per heavy atom. The third-order valence-corrected chi connectivity index (χ3v) is 15.6. The van der Waals surface area contributed by atoms with E-state index >= 15 is 0 Å². The van der Waals surface area contributed by atoms with Gasteiger partial charge in [-0.1, -0.05) is 183 Å². The van der Waals surface area contributed by atoms with E-state index in [4.69, 9.17) is 0 Å². The molecule has 7 rings (SSSR count). The number of hydrogen-bond acceptors (Lipinski definition) is 9. The van der Waals surface area contributed by atoms with E-state index < -0.39 is 107 Å². The fourth-order valence-corrected chi connectivity index (χ4v) is 10.5. The summed E-state index contributed by atoms with van der Waals surface area (Å²) in [6.07, 6.45) is 0.649. The molecule has 0 bridgehead atoms. The van der Waals surface area contributed by atoms with E-state index in [0.717, 1.165) is 22.3 Å². The summed E-state index contributed by atoms with van der Waals surface area (Å²) in [4.78, 5) is 118. The van der Waals surface area contributed by atoms with Crippen molar-refractivity contribution in [1.82, 2.24) is 47.0 Å². The molecular formula is C65H81N9O8. The normalized spacial score (nSPS) is 18.6. The van der Waals surface area contributed by atoms with Gasteiger partial charge >= 0.3 is 0 Å². The molecule has 0 radical (unpaired) electrons. The van der Waals surface area contributed by atoms with Crippen LogP contribution in [0.3, 0.4) is 0 Å². The number of nitrogens with zero attached hydrogens (tertiary/aromatic N) is 2. The van der Waals surface area contributed by atoms with Gasteiger partial charge in [-0.25, -0.2) is 0 Å². The van der Waals surface area contributed by atoms with Gasteiger partial charge in [0.15, 0.2) is 0 Å². The Labute approximate surface area is 482 Å².